The highest BCUT2D eigenvalue weighted by Crippen LogP contribution is 2.38. The Labute approximate surface area is 231 Å². The molecule has 11 nitrogen and oxygen atoms in total. The number of carbonyl (C=O) groups excluding carboxylic acids is 3. The standard InChI is InChI=1S/C28H32FN5O6/c1-27(2,31-26(38)39)24(36)30-21(16-40-20-11-7-10-19(29)14-20)23(35)34-13-12-22-28(17-34,25(37)33(3)32-22)15-18-8-5-4-6-9-18/h4-11,14,21,31H,12-13,15-17H2,1-3H3,(H,30,36)(H,38,39)/t21-,28-/m1/s1. The van der Waals surface area contributed by atoms with E-state index in [1.54, 1.807) is 7.05 Å². The Morgan fingerprint density at radius 1 is 1.18 bits per heavy atom. The van der Waals surface area contributed by atoms with Crippen molar-refractivity contribution in [2.24, 2.45) is 10.5 Å². The molecule has 2 aromatic rings. The van der Waals surface area contributed by atoms with Crippen LogP contribution < -0.4 is 15.4 Å². The molecule has 3 N–H and O–H groups in total. The van der Waals surface area contributed by atoms with E-state index in [-0.39, 0.29) is 31.4 Å². The molecule has 1 fully saturated rings. The lowest BCUT2D eigenvalue weighted by molar-refractivity contribution is -0.143. The highest BCUT2D eigenvalue weighted by molar-refractivity contribution is 6.13. The second-order valence-electron chi connectivity index (χ2n) is 10.5. The summed E-state index contributed by atoms with van der Waals surface area (Å²) >= 11 is 0. The fourth-order valence-corrected chi connectivity index (χ4v) is 5.01. The van der Waals surface area contributed by atoms with E-state index in [0.29, 0.717) is 18.6 Å². The maximum absolute atomic E-state index is 13.9. The number of nitrogens with zero attached hydrogens (tertiary/aromatic N) is 3. The van der Waals surface area contributed by atoms with Gasteiger partial charge in [0.05, 0.1) is 5.71 Å². The molecule has 0 radical (unpaired) electrons. The number of rotatable bonds is 9. The van der Waals surface area contributed by atoms with Crippen LogP contribution in [0.25, 0.3) is 0 Å². The molecule has 0 aromatic heterocycles. The van der Waals surface area contributed by atoms with E-state index in [0.717, 1.165) is 11.6 Å². The van der Waals surface area contributed by atoms with Gasteiger partial charge in [-0.2, -0.15) is 5.10 Å². The first-order valence-electron chi connectivity index (χ1n) is 12.8. The van der Waals surface area contributed by atoms with Crippen LogP contribution in [0, 0.1) is 11.2 Å². The largest absolute Gasteiger partial charge is 0.491 e. The van der Waals surface area contributed by atoms with Gasteiger partial charge in [-0.15, -0.1) is 0 Å². The molecule has 2 aromatic carbocycles. The Bertz CT molecular complexity index is 1330. The van der Waals surface area contributed by atoms with Crippen molar-refractivity contribution in [1.29, 1.82) is 0 Å². The number of hydrogen-bond acceptors (Lipinski definition) is 6. The minimum absolute atomic E-state index is 0.0336. The summed E-state index contributed by atoms with van der Waals surface area (Å²) < 4.78 is 19.4. The minimum atomic E-state index is -1.57. The Hall–Kier alpha value is -4.48. The number of carbonyl (C=O) groups is 4. The second-order valence-corrected chi connectivity index (χ2v) is 10.5. The first kappa shape index (κ1) is 28.5. The molecule has 40 heavy (non-hydrogen) atoms. The number of hydrogen-bond donors (Lipinski definition) is 3. The quantitative estimate of drug-likeness (QED) is 0.434. The molecule has 4 amide bonds. The highest BCUT2D eigenvalue weighted by atomic mass is 19.1. The molecule has 0 aliphatic carbocycles. The van der Waals surface area contributed by atoms with Crippen molar-refractivity contribution < 1.29 is 33.4 Å². The van der Waals surface area contributed by atoms with Gasteiger partial charge < -0.3 is 25.4 Å². The van der Waals surface area contributed by atoms with Crippen molar-refractivity contribution in [3.8, 4) is 5.75 Å². The molecule has 0 saturated carbocycles. The van der Waals surface area contributed by atoms with Crippen molar-refractivity contribution in [1.82, 2.24) is 20.5 Å². The zero-order chi connectivity index (χ0) is 29.1. The summed E-state index contributed by atoms with van der Waals surface area (Å²) in [6.07, 6.45) is -0.716. The maximum Gasteiger partial charge on any atom is 0.405 e. The first-order chi connectivity index (χ1) is 18.9. The number of fused-ring (bicyclic) bond motifs is 1. The fraction of sp³-hybridized carbons (Fsp3) is 0.393. The maximum atomic E-state index is 13.9. The third-order valence-corrected chi connectivity index (χ3v) is 7.07. The van der Waals surface area contributed by atoms with Crippen LogP contribution in [0.1, 0.15) is 25.8 Å². The lowest BCUT2D eigenvalue weighted by Crippen LogP contribution is -2.62. The fourth-order valence-electron chi connectivity index (χ4n) is 5.01. The monoisotopic (exact) mass is 553 g/mol. The normalized spacial score (nSPS) is 19.4. The van der Waals surface area contributed by atoms with Crippen LogP contribution in [0.2, 0.25) is 0 Å². The summed E-state index contributed by atoms with van der Waals surface area (Å²) in [5.74, 6) is -1.90. The average molecular weight is 554 g/mol. The molecule has 2 heterocycles. The summed E-state index contributed by atoms with van der Waals surface area (Å²) in [4.78, 5) is 53.1. The number of halogens is 1. The van der Waals surface area contributed by atoms with E-state index in [9.17, 15) is 23.6 Å². The van der Waals surface area contributed by atoms with E-state index >= 15 is 0 Å². The molecule has 12 heteroatoms. The summed E-state index contributed by atoms with van der Waals surface area (Å²) in [5, 5.41) is 19.6. The van der Waals surface area contributed by atoms with Gasteiger partial charge in [0.15, 0.2) is 0 Å². The number of piperidine rings is 1. The van der Waals surface area contributed by atoms with Crippen LogP contribution in [0.5, 0.6) is 5.75 Å². The minimum Gasteiger partial charge on any atom is -0.491 e. The Kier molecular flexibility index (Phi) is 8.08. The predicted molar refractivity (Wildman–Crippen MR) is 143 cm³/mol. The van der Waals surface area contributed by atoms with Crippen molar-refractivity contribution in [2.75, 3.05) is 26.7 Å². The summed E-state index contributed by atoms with van der Waals surface area (Å²) in [5.41, 5.74) is -1.03. The Morgan fingerprint density at radius 2 is 1.90 bits per heavy atom. The zero-order valence-electron chi connectivity index (χ0n) is 22.5. The molecule has 1 saturated heterocycles. The molecular formula is C28H32FN5O6. The summed E-state index contributed by atoms with van der Waals surface area (Å²) in [6, 6.07) is 13.5. The molecule has 2 aliphatic heterocycles. The molecule has 4 rings (SSSR count). The number of carboxylic acid groups (broad SMARTS) is 1. The van der Waals surface area contributed by atoms with Gasteiger partial charge in [0.25, 0.3) is 5.91 Å². The topological polar surface area (TPSA) is 141 Å². The third kappa shape index (κ3) is 6.05. The van der Waals surface area contributed by atoms with Gasteiger partial charge in [-0.1, -0.05) is 36.4 Å². The molecule has 0 spiro atoms. The second kappa shape index (κ2) is 11.3. The molecule has 0 bridgehead atoms. The van der Waals surface area contributed by atoms with Crippen molar-refractivity contribution in [3.63, 3.8) is 0 Å². The molecule has 2 atom stereocenters. The van der Waals surface area contributed by atoms with Crippen molar-refractivity contribution in [3.05, 3.63) is 66.0 Å². The molecule has 0 unspecified atom stereocenters. The van der Waals surface area contributed by atoms with Crippen molar-refractivity contribution in [2.45, 2.75) is 38.3 Å². The number of nitrogens with one attached hydrogen (secondary N) is 2. The van der Waals surface area contributed by atoms with Gasteiger partial charge in [-0.05, 0) is 38.0 Å². The smallest absolute Gasteiger partial charge is 0.405 e. The zero-order valence-corrected chi connectivity index (χ0v) is 22.5. The van der Waals surface area contributed by atoms with Gasteiger partial charge in [-0.25, -0.2) is 14.2 Å². The SMILES string of the molecule is CN1N=C2CCN(C(=O)[C@@H](COc3cccc(F)c3)NC(=O)C(C)(C)NC(=O)O)C[C@@]2(Cc2ccccc2)C1=O. The average Bonchev–Trinajstić information content (AvgIpc) is 3.14. The number of benzene rings is 2. The molecule has 212 valence electrons. The highest BCUT2D eigenvalue weighted by Gasteiger charge is 2.54. The van der Waals surface area contributed by atoms with Crippen LogP contribution >= 0.6 is 0 Å². The van der Waals surface area contributed by atoms with Gasteiger partial charge in [-0.3, -0.25) is 14.4 Å². The van der Waals surface area contributed by atoms with Crippen LogP contribution in [-0.2, 0) is 20.8 Å². The van der Waals surface area contributed by atoms with Gasteiger partial charge in [0, 0.05) is 32.6 Å². The van der Waals surface area contributed by atoms with E-state index in [1.165, 1.54) is 42.0 Å². The van der Waals surface area contributed by atoms with E-state index in [2.05, 4.69) is 15.7 Å². The number of hydrazone groups is 1. The predicted octanol–water partition coefficient (Wildman–Crippen LogP) is 2.02. The third-order valence-electron chi connectivity index (χ3n) is 7.07. The van der Waals surface area contributed by atoms with Gasteiger partial charge in [0.2, 0.25) is 11.8 Å². The summed E-state index contributed by atoms with van der Waals surface area (Å²) in [6.45, 7) is 2.65. The molecule has 2 aliphatic rings. The number of likely N-dealkylation sites (tertiary alicyclic amines) is 1. The summed E-state index contributed by atoms with van der Waals surface area (Å²) in [7, 11) is 1.58. The molecular weight excluding hydrogens is 521 g/mol. The van der Waals surface area contributed by atoms with Crippen molar-refractivity contribution >= 4 is 29.5 Å². The van der Waals surface area contributed by atoms with E-state index < -0.39 is 40.7 Å². The number of ether oxygens (including phenoxy) is 1. The van der Waals surface area contributed by atoms with Gasteiger partial charge >= 0.3 is 6.09 Å². The Morgan fingerprint density at radius 3 is 2.58 bits per heavy atom. The lowest BCUT2D eigenvalue weighted by Gasteiger charge is -2.40. The first-order valence-corrected chi connectivity index (χ1v) is 12.8. The number of amides is 4. The van der Waals surface area contributed by atoms with Gasteiger partial charge in [0.1, 0.15) is 35.2 Å². The van der Waals surface area contributed by atoms with Crippen LogP contribution in [0.3, 0.4) is 0 Å². The van der Waals surface area contributed by atoms with Crippen LogP contribution in [0.4, 0.5) is 9.18 Å². The van der Waals surface area contributed by atoms with Crippen LogP contribution in [-0.4, -0.2) is 82.9 Å². The lowest BCUT2D eigenvalue weighted by atomic mass is 9.73. The van der Waals surface area contributed by atoms with Crippen LogP contribution in [0.15, 0.2) is 59.7 Å². The van der Waals surface area contributed by atoms with E-state index in [4.69, 9.17) is 9.84 Å². The Balaban J connectivity index is 1.60. The van der Waals surface area contributed by atoms with E-state index in [1.807, 2.05) is 30.3 Å².